The topological polar surface area (TPSA) is 73.5 Å². The van der Waals surface area contributed by atoms with Gasteiger partial charge in [0, 0.05) is 16.7 Å². The Balaban J connectivity index is 2.61. The fourth-order valence-corrected chi connectivity index (χ4v) is 3.15. The van der Waals surface area contributed by atoms with E-state index in [-0.39, 0.29) is 6.04 Å². The number of nitrogens with zero attached hydrogens (tertiary/aromatic N) is 2. The molecule has 4 unspecified atom stereocenters. The fraction of sp³-hybridized carbons (Fsp3) is 0.400. The Morgan fingerprint density at radius 3 is 2.65 bits per heavy atom. The van der Waals surface area contributed by atoms with E-state index in [0.29, 0.717) is 16.3 Å². The van der Waals surface area contributed by atoms with Gasteiger partial charge in [0.2, 0.25) is 0 Å². The standard InChI is InChI=1S/C15H15ClN2O2/c1-8-11(7-17)14(10-5-3-4-6-12(10)16)13(15(19)20)9(2)18-8/h3-6,8,11,13-14H,1-2H3,(H,19,20). The van der Waals surface area contributed by atoms with Gasteiger partial charge in [-0.15, -0.1) is 0 Å². The molecule has 0 aromatic heterocycles. The minimum atomic E-state index is -0.969. The van der Waals surface area contributed by atoms with Crippen molar-refractivity contribution < 1.29 is 9.90 Å². The van der Waals surface area contributed by atoms with Crippen molar-refractivity contribution in [2.45, 2.75) is 25.8 Å². The fourth-order valence-electron chi connectivity index (χ4n) is 2.89. The smallest absolute Gasteiger partial charge is 0.312 e. The maximum Gasteiger partial charge on any atom is 0.312 e. The molecule has 0 radical (unpaired) electrons. The molecule has 4 nitrogen and oxygen atoms in total. The van der Waals surface area contributed by atoms with Crippen LogP contribution in [0, 0.1) is 23.2 Å². The summed E-state index contributed by atoms with van der Waals surface area (Å²) in [5.41, 5.74) is 1.25. The Kier molecular flexibility index (Phi) is 4.10. The van der Waals surface area contributed by atoms with Gasteiger partial charge in [0.25, 0.3) is 0 Å². The molecule has 4 atom stereocenters. The van der Waals surface area contributed by atoms with E-state index in [1.165, 1.54) is 0 Å². The van der Waals surface area contributed by atoms with Gasteiger partial charge in [-0.3, -0.25) is 9.79 Å². The van der Waals surface area contributed by atoms with Crippen molar-refractivity contribution in [3.05, 3.63) is 34.9 Å². The van der Waals surface area contributed by atoms with Crippen LogP contribution >= 0.6 is 11.6 Å². The Morgan fingerprint density at radius 2 is 2.10 bits per heavy atom. The third-order valence-electron chi connectivity index (χ3n) is 3.80. The summed E-state index contributed by atoms with van der Waals surface area (Å²) in [5, 5.41) is 19.4. The van der Waals surface area contributed by atoms with Crippen LogP contribution in [0.4, 0.5) is 0 Å². The zero-order valence-corrected chi connectivity index (χ0v) is 12.0. The first-order chi connectivity index (χ1) is 9.47. The van der Waals surface area contributed by atoms with Gasteiger partial charge in [-0.2, -0.15) is 5.26 Å². The maximum atomic E-state index is 11.6. The summed E-state index contributed by atoms with van der Waals surface area (Å²) in [6.07, 6.45) is 0. The van der Waals surface area contributed by atoms with Gasteiger partial charge < -0.3 is 5.11 Å². The molecule has 0 saturated heterocycles. The summed E-state index contributed by atoms with van der Waals surface area (Å²) >= 11 is 6.20. The van der Waals surface area contributed by atoms with Crippen LogP contribution in [-0.4, -0.2) is 22.8 Å². The minimum Gasteiger partial charge on any atom is -0.481 e. The van der Waals surface area contributed by atoms with Crippen LogP contribution in [0.3, 0.4) is 0 Å². The third-order valence-corrected chi connectivity index (χ3v) is 4.15. The third kappa shape index (κ3) is 2.41. The average molecular weight is 291 g/mol. The van der Waals surface area contributed by atoms with E-state index in [2.05, 4.69) is 11.1 Å². The van der Waals surface area contributed by atoms with Crippen LogP contribution < -0.4 is 0 Å². The van der Waals surface area contributed by atoms with Gasteiger partial charge in [-0.05, 0) is 25.5 Å². The Bertz CT molecular complexity index is 606. The molecule has 0 saturated carbocycles. The number of aliphatic imine (C=N–C) groups is 1. The highest BCUT2D eigenvalue weighted by atomic mass is 35.5. The molecule has 5 heteroatoms. The molecule has 0 fully saturated rings. The Labute approximate surface area is 122 Å². The van der Waals surface area contributed by atoms with Gasteiger partial charge in [0.1, 0.15) is 5.92 Å². The molecular formula is C15H15ClN2O2. The van der Waals surface area contributed by atoms with Gasteiger partial charge in [-0.1, -0.05) is 29.8 Å². The van der Waals surface area contributed by atoms with E-state index < -0.39 is 23.7 Å². The summed E-state index contributed by atoms with van der Waals surface area (Å²) < 4.78 is 0. The second-order valence-corrected chi connectivity index (χ2v) is 5.44. The first-order valence-electron chi connectivity index (χ1n) is 6.38. The Morgan fingerprint density at radius 1 is 1.45 bits per heavy atom. The van der Waals surface area contributed by atoms with Gasteiger partial charge in [0.05, 0.1) is 18.0 Å². The van der Waals surface area contributed by atoms with Crippen LogP contribution in [0.1, 0.15) is 25.3 Å². The lowest BCUT2D eigenvalue weighted by Crippen LogP contribution is -2.40. The quantitative estimate of drug-likeness (QED) is 0.909. The van der Waals surface area contributed by atoms with E-state index in [1.54, 1.807) is 31.2 Å². The normalized spacial score (nSPS) is 29.4. The Hall–Kier alpha value is -1.86. The summed E-state index contributed by atoms with van der Waals surface area (Å²) in [4.78, 5) is 15.9. The summed E-state index contributed by atoms with van der Waals surface area (Å²) in [6.45, 7) is 3.53. The van der Waals surface area contributed by atoms with Crippen molar-refractivity contribution in [1.82, 2.24) is 0 Å². The highest BCUT2D eigenvalue weighted by Gasteiger charge is 2.44. The number of carboxylic acids is 1. The lowest BCUT2D eigenvalue weighted by molar-refractivity contribution is -0.140. The van der Waals surface area contributed by atoms with Crippen LogP contribution in [0.15, 0.2) is 29.3 Å². The molecule has 1 aliphatic rings. The molecule has 2 rings (SSSR count). The summed E-state index contributed by atoms with van der Waals surface area (Å²) in [6, 6.07) is 9.07. The van der Waals surface area contributed by atoms with Crippen molar-refractivity contribution in [3.63, 3.8) is 0 Å². The van der Waals surface area contributed by atoms with E-state index in [1.807, 2.05) is 6.92 Å². The van der Waals surface area contributed by atoms with Gasteiger partial charge in [-0.25, -0.2) is 0 Å². The second kappa shape index (κ2) is 5.64. The predicted molar refractivity (Wildman–Crippen MR) is 77.0 cm³/mol. The summed E-state index contributed by atoms with van der Waals surface area (Å²) in [7, 11) is 0. The lowest BCUT2D eigenvalue weighted by Gasteiger charge is -2.35. The number of carbonyl (C=O) groups is 1. The van der Waals surface area contributed by atoms with Crippen LogP contribution in [0.2, 0.25) is 5.02 Å². The number of halogens is 1. The molecule has 0 amide bonds. The molecule has 0 spiro atoms. The van der Waals surface area contributed by atoms with E-state index in [9.17, 15) is 15.2 Å². The van der Waals surface area contributed by atoms with Gasteiger partial charge >= 0.3 is 5.97 Å². The lowest BCUT2D eigenvalue weighted by atomic mass is 9.71. The number of rotatable bonds is 2. The number of hydrogen-bond donors (Lipinski definition) is 1. The molecule has 1 aliphatic heterocycles. The molecule has 0 aliphatic carbocycles. The molecule has 1 heterocycles. The second-order valence-electron chi connectivity index (χ2n) is 5.03. The average Bonchev–Trinajstić information content (AvgIpc) is 2.38. The summed E-state index contributed by atoms with van der Waals surface area (Å²) in [5.74, 6) is -2.75. The molecule has 0 bridgehead atoms. The van der Waals surface area contributed by atoms with E-state index in [0.717, 1.165) is 0 Å². The molecule has 1 aromatic carbocycles. The number of carboxylic acid groups (broad SMARTS) is 1. The van der Waals surface area contributed by atoms with Gasteiger partial charge in [0.15, 0.2) is 0 Å². The monoisotopic (exact) mass is 290 g/mol. The molecular weight excluding hydrogens is 276 g/mol. The highest BCUT2D eigenvalue weighted by Crippen LogP contribution is 2.42. The molecule has 104 valence electrons. The highest BCUT2D eigenvalue weighted by molar-refractivity contribution is 6.31. The van der Waals surface area contributed by atoms with Crippen LogP contribution in [-0.2, 0) is 4.79 Å². The number of hydrogen-bond acceptors (Lipinski definition) is 3. The number of benzene rings is 1. The van der Waals surface area contributed by atoms with Crippen molar-refractivity contribution in [3.8, 4) is 6.07 Å². The van der Waals surface area contributed by atoms with Crippen molar-refractivity contribution in [1.29, 1.82) is 5.26 Å². The molecule has 1 aromatic rings. The van der Waals surface area contributed by atoms with Crippen molar-refractivity contribution in [2.75, 3.05) is 0 Å². The van der Waals surface area contributed by atoms with Crippen LogP contribution in [0.5, 0.6) is 0 Å². The SMILES string of the molecule is CC1=NC(C)C(C#N)C(c2ccccc2Cl)C1C(=O)O. The zero-order chi connectivity index (χ0) is 14.9. The van der Waals surface area contributed by atoms with E-state index >= 15 is 0 Å². The van der Waals surface area contributed by atoms with E-state index in [4.69, 9.17) is 11.6 Å². The maximum absolute atomic E-state index is 11.6. The van der Waals surface area contributed by atoms with Crippen molar-refractivity contribution in [2.24, 2.45) is 16.8 Å². The molecule has 1 N–H and O–H groups in total. The first-order valence-corrected chi connectivity index (χ1v) is 6.76. The van der Waals surface area contributed by atoms with Crippen molar-refractivity contribution >= 4 is 23.3 Å². The first kappa shape index (κ1) is 14.5. The zero-order valence-electron chi connectivity index (χ0n) is 11.2. The molecule has 20 heavy (non-hydrogen) atoms. The number of nitriles is 1. The van der Waals surface area contributed by atoms with Crippen LogP contribution in [0.25, 0.3) is 0 Å². The number of aliphatic carboxylic acids is 1. The minimum absolute atomic E-state index is 0.239. The largest absolute Gasteiger partial charge is 0.481 e. The predicted octanol–water partition coefficient (Wildman–Crippen LogP) is 3.13.